The number of primary amides is 1. The van der Waals surface area contributed by atoms with Crippen LogP contribution in [0.5, 0.6) is 0 Å². The molecule has 15 heavy (non-hydrogen) atoms. The molecule has 0 spiro atoms. The van der Waals surface area contributed by atoms with Crippen molar-refractivity contribution in [1.29, 1.82) is 0 Å². The van der Waals surface area contributed by atoms with Crippen LogP contribution < -0.4 is 5.73 Å². The van der Waals surface area contributed by atoms with Gasteiger partial charge in [-0.1, -0.05) is 13.3 Å². The largest absolute Gasteiger partial charge is 0.366 e. The number of hydrogen-bond donors (Lipinski definition) is 1. The van der Waals surface area contributed by atoms with Gasteiger partial charge < -0.3 is 5.73 Å². The van der Waals surface area contributed by atoms with Crippen LogP contribution in [0, 0.1) is 0 Å². The lowest BCUT2D eigenvalue weighted by molar-refractivity contribution is -0.113. The minimum atomic E-state index is -0.468. The summed E-state index contributed by atoms with van der Waals surface area (Å²) >= 11 is 0. The molecule has 1 heterocycles. The summed E-state index contributed by atoms with van der Waals surface area (Å²) in [6.45, 7) is 2.13. The zero-order chi connectivity index (χ0) is 11.1. The minimum absolute atomic E-state index is 0.468. The molecule has 4 nitrogen and oxygen atoms in total. The molecule has 0 fully saturated rings. The van der Waals surface area contributed by atoms with E-state index in [1.54, 1.807) is 18.5 Å². The molecule has 0 radical (unpaired) electrons. The molecule has 1 rings (SSSR count). The van der Waals surface area contributed by atoms with Gasteiger partial charge in [0.2, 0.25) is 5.91 Å². The van der Waals surface area contributed by atoms with Gasteiger partial charge >= 0.3 is 0 Å². The predicted molar refractivity (Wildman–Crippen MR) is 58.9 cm³/mol. The zero-order valence-corrected chi connectivity index (χ0v) is 8.81. The van der Waals surface area contributed by atoms with Crippen LogP contribution in [0.25, 0.3) is 6.08 Å². The average molecular weight is 205 g/mol. The van der Waals surface area contributed by atoms with Gasteiger partial charge in [-0.15, -0.1) is 0 Å². The Morgan fingerprint density at radius 3 is 2.67 bits per heavy atom. The van der Waals surface area contributed by atoms with Gasteiger partial charge in [-0.25, -0.2) is 9.97 Å². The number of carbonyl (C=O) groups is 1. The molecule has 1 amide bonds. The summed E-state index contributed by atoms with van der Waals surface area (Å²) in [6, 6.07) is 0. The summed E-state index contributed by atoms with van der Waals surface area (Å²) in [6.07, 6.45) is 9.41. The number of nitrogens with zero attached hydrogens (tertiary/aromatic N) is 2. The Kier molecular flexibility index (Phi) is 4.47. The van der Waals surface area contributed by atoms with Crippen LogP contribution in [0.1, 0.15) is 31.2 Å². The van der Waals surface area contributed by atoms with E-state index in [1.807, 2.05) is 0 Å². The first-order chi connectivity index (χ1) is 7.22. The molecule has 0 aliphatic heterocycles. The maximum absolute atomic E-state index is 10.5. The molecule has 0 atom stereocenters. The van der Waals surface area contributed by atoms with Crippen molar-refractivity contribution in [3.8, 4) is 0 Å². The Morgan fingerprint density at radius 1 is 1.47 bits per heavy atom. The van der Waals surface area contributed by atoms with E-state index < -0.39 is 5.91 Å². The number of amides is 1. The first kappa shape index (κ1) is 11.4. The number of nitrogens with two attached hydrogens (primary N) is 1. The van der Waals surface area contributed by atoms with Crippen molar-refractivity contribution in [1.82, 2.24) is 9.97 Å². The van der Waals surface area contributed by atoms with Crippen LogP contribution in [0.3, 0.4) is 0 Å². The Hall–Kier alpha value is -1.71. The number of aromatic nitrogens is 2. The van der Waals surface area contributed by atoms with Crippen molar-refractivity contribution in [2.75, 3.05) is 0 Å². The van der Waals surface area contributed by atoms with Crippen molar-refractivity contribution in [2.45, 2.75) is 26.2 Å². The van der Waals surface area contributed by atoms with Crippen molar-refractivity contribution >= 4 is 12.0 Å². The number of rotatable bonds is 5. The number of unbranched alkanes of at least 4 members (excludes halogenated alkanes) is 1. The third-order valence-electron chi connectivity index (χ3n) is 1.92. The molecule has 1 aromatic rings. The van der Waals surface area contributed by atoms with Crippen LogP contribution in [-0.4, -0.2) is 15.9 Å². The minimum Gasteiger partial charge on any atom is -0.366 e. The maximum Gasteiger partial charge on any atom is 0.241 e. The fourth-order valence-corrected chi connectivity index (χ4v) is 1.09. The highest BCUT2D eigenvalue weighted by molar-refractivity contribution is 5.90. The summed E-state index contributed by atoms with van der Waals surface area (Å²) in [5.74, 6) is 0.373. The van der Waals surface area contributed by atoms with E-state index in [1.165, 1.54) is 6.08 Å². The Bertz CT molecular complexity index is 343. The second-order valence-electron chi connectivity index (χ2n) is 3.27. The standard InChI is InChI=1S/C11H15N3O/c1-2-3-4-11-13-7-9(8-14-11)5-6-10(12)15/h5-8H,2-4H2,1H3,(H2,12,15)/b6-5-. The van der Waals surface area contributed by atoms with Crippen molar-refractivity contribution < 1.29 is 4.79 Å². The number of aryl methyl sites for hydroxylation is 1. The summed E-state index contributed by atoms with van der Waals surface area (Å²) in [7, 11) is 0. The van der Waals surface area contributed by atoms with E-state index >= 15 is 0 Å². The maximum atomic E-state index is 10.5. The molecular weight excluding hydrogens is 190 g/mol. The topological polar surface area (TPSA) is 68.9 Å². The average Bonchev–Trinajstić information content (AvgIpc) is 2.25. The van der Waals surface area contributed by atoms with Crippen molar-refractivity contribution in [3.63, 3.8) is 0 Å². The van der Waals surface area contributed by atoms with Crippen LogP contribution in [0.2, 0.25) is 0 Å². The highest BCUT2D eigenvalue weighted by Crippen LogP contribution is 2.01. The SMILES string of the molecule is CCCCc1ncc(/C=C\C(N)=O)cn1. The van der Waals surface area contributed by atoms with Crippen LogP contribution in [0.4, 0.5) is 0 Å². The molecule has 0 saturated heterocycles. The van der Waals surface area contributed by atoms with Crippen molar-refractivity contribution in [3.05, 3.63) is 29.9 Å². The second kappa shape index (κ2) is 5.90. The molecule has 0 bridgehead atoms. The summed E-state index contributed by atoms with van der Waals surface area (Å²) < 4.78 is 0. The molecule has 0 saturated carbocycles. The molecule has 0 aromatic carbocycles. The third-order valence-corrected chi connectivity index (χ3v) is 1.92. The molecule has 0 unspecified atom stereocenters. The van der Waals surface area contributed by atoms with E-state index in [0.29, 0.717) is 0 Å². The molecule has 4 heteroatoms. The molecule has 1 aromatic heterocycles. The first-order valence-corrected chi connectivity index (χ1v) is 5.01. The predicted octanol–water partition coefficient (Wildman–Crippen LogP) is 1.32. The molecular formula is C11H15N3O. The van der Waals surface area contributed by atoms with Crippen LogP contribution >= 0.6 is 0 Å². The highest BCUT2D eigenvalue weighted by Gasteiger charge is 1.95. The quantitative estimate of drug-likeness (QED) is 0.737. The van der Waals surface area contributed by atoms with Crippen LogP contribution in [0.15, 0.2) is 18.5 Å². The Morgan fingerprint density at radius 2 is 2.13 bits per heavy atom. The van der Waals surface area contributed by atoms with Gasteiger partial charge in [0.05, 0.1) is 0 Å². The first-order valence-electron chi connectivity index (χ1n) is 5.01. The van der Waals surface area contributed by atoms with Gasteiger partial charge in [0, 0.05) is 30.5 Å². The van der Waals surface area contributed by atoms with Gasteiger partial charge in [0.15, 0.2) is 0 Å². The van der Waals surface area contributed by atoms with E-state index in [4.69, 9.17) is 5.73 Å². The lowest BCUT2D eigenvalue weighted by Crippen LogP contribution is -2.05. The molecule has 2 N–H and O–H groups in total. The zero-order valence-electron chi connectivity index (χ0n) is 8.81. The monoisotopic (exact) mass is 205 g/mol. The van der Waals surface area contributed by atoms with Crippen molar-refractivity contribution in [2.24, 2.45) is 5.73 Å². The normalized spacial score (nSPS) is 10.7. The lowest BCUT2D eigenvalue weighted by Gasteiger charge is -1.97. The van der Waals surface area contributed by atoms with E-state index in [9.17, 15) is 4.79 Å². The third kappa shape index (κ3) is 4.35. The smallest absolute Gasteiger partial charge is 0.241 e. The number of hydrogen-bond acceptors (Lipinski definition) is 3. The summed E-state index contributed by atoms with van der Waals surface area (Å²) in [5, 5.41) is 0. The molecule has 0 aliphatic carbocycles. The molecule has 0 aliphatic rings. The van der Waals surface area contributed by atoms with Gasteiger partial charge in [-0.05, 0) is 12.5 Å². The van der Waals surface area contributed by atoms with Crippen LogP contribution in [-0.2, 0) is 11.2 Å². The number of carbonyl (C=O) groups excluding carboxylic acids is 1. The Balaban J connectivity index is 2.60. The second-order valence-corrected chi connectivity index (χ2v) is 3.27. The summed E-state index contributed by atoms with van der Waals surface area (Å²) in [4.78, 5) is 18.8. The van der Waals surface area contributed by atoms with Gasteiger partial charge in [-0.3, -0.25) is 4.79 Å². The molecule has 80 valence electrons. The van der Waals surface area contributed by atoms with Gasteiger partial charge in [-0.2, -0.15) is 0 Å². The van der Waals surface area contributed by atoms with E-state index in [0.717, 1.165) is 30.7 Å². The van der Waals surface area contributed by atoms with E-state index in [2.05, 4.69) is 16.9 Å². The van der Waals surface area contributed by atoms with Gasteiger partial charge in [0.25, 0.3) is 0 Å². The van der Waals surface area contributed by atoms with E-state index in [-0.39, 0.29) is 0 Å². The fraction of sp³-hybridized carbons (Fsp3) is 0.364. The summed E-state index contributed by atoms with van der Waals surface area (Å²) in [5.41, 5.74) is 5.76. The fourth-order valence-electron chi connectivity index (χ4n) is 1.09. The highest BCUT2D eigenvalue weighted by atomic mass is 16.1. The lowest BCUT2D eigenvalue weighted by atomic mass is 10.2. The van der Waals surface area contributed by atoms with Gasteiger partial charge in [0.1, 0.15) is 5.82 Å². The Labute approximate surface area is 89.2 Å².